The zero-order chi connectivity index (χ0) is 23.3. The molecule has 0 saturated carbocycles. The normalized spacial score (nSPS) is 14.9. The van der Waals surface area contributed by atoms with Crippen molar-refractivity contribution in [2.24, 2.45) is 0 Å². The van der Waals surface area contributed by atoms with Crippen LogP contribution >= 0.6 is 0 Å². The van der Waals surface area contributed by atoms with Gasteiger partial charge in [-0.25, -0.2) is 19.5 Å². The minimum Gasteiger partial charge on any atom is -0.481 e. The Morgan fingerprint density at radius 1 is 1.12 bits per heavy atom. The average molecular weight is 461 g/mol. The summed E-state index contributed by atoms with van der Waals surface area (Å²) in [6.07, 6.45) is 5.19. The molecule has 4 aromatic rings. The number of hydrogen-bond donors (Lipinski definition) is 3. The van der Waals surface area contributed by atoms with E-state index in [0.29, 0.717) is 23.2 Å². The maximum Gasteiger partial charge on any atom is 0.213 e. The molecule has 3 N–H and O–H groups in total. The molecule has 0 aromatic carbocycles. The predicted octanol–water partition coefficient (Wildman–Crippen LogP) is 2.81. The number of piperidine rings is 1. The highest BCUT2D eigenvalue weighted by molar-refractivity contribution is 5.75. The highest BCUT2D eigenvalue weighted by Crippen LogP contribution is 2.24. The van der Waals surface area contributed by atoms with Gasteiger partial charge in [0.15, 0.2) is 5.82 Å². The van der Waals surface area contributed by atoms with Crippen molar-refractivity contribution < 1.29 is 9.84 Å². The van der Waals surface area contributed by atoms with Gasteiger partial charge in [0, 0.05) is 56.4 Å². The molecule has 176 valence electrons. The number of aromatic nitrogens is 5. The van der Waals surface area contributed by atoms with Crippen LogP contribution in [0.1, 0.15) is 12.8 Å². The number of likely N-dealkylation sites (tertiary alicyclic amines) is 1. The zero-order valence-corrected chi connectivity index (χ0v) is 19.1. The van der Waals surface area contributed by atoms with Gasteiger partial charge in [0.2, 0.25) is 11.7 Å². The Labute approximate surface area is 197 Å². The maximum atomic E-state index is 9.66. The van der Waals surface area contributed by atoms with Crippen LogP contribution < -0.4 is 15.4 Å². The highest BCUT2D eigenvalue weighted by atomic mass is 16.5. The van der Waals surface area contributed by atoms with E-state index in [1.54, 1.807) is 23.9 Å². The monoisotopic (exact) mass is 460 g/mol. The number of anilines is 3. The van der Waals surface area contributed by atoms with E-state index in [1.807, 2.05) is 42.6 Å². The van der Waals surface area contributed by atoms with Crippen LogP contribution in [0.25, 0.3) is 17.0 Å². The van der Waals surface area contributed by atoms with E-state index in [4.69, 9.17) is 9.72 Å². The molecule has 0 unspecified atom stereocenters. The third-order valence-corrected chi connectivity index (χ3v) is 5.87. The number of nitrogens with zero attached hydrogens (tertiary/aromatic N) is 6. The fourth-order valence-corrected chi connectivity index (χ4v) is 4.01. The van der Waals surface area contributed by atoms with Crippen LogP contribution in [-0.4, -0.2) is 74.0 Å². The second-order valence-electron chi connectivity index (χ2n) is 8.24. The molecule has 5 heterocycles. The van der Waals surface area contributed by atoms with E-state index in [2.05, 4.69) is 30.6 Å². The molecule has 0 amide bonds. The van der Waals surface area contributed by atoms with Crippen molar-refractivity contribution in [2.75, 3.05) is 43.9 Å². The summed E-state index contributed by atoms with van der Waals surface area (Å²) in [5, 5.41) is 21.1. The molecule has 34 heavy (non-hydrogen) atoms. The Morgan fingerprint density at radius 2 is 2.00 bits per heavy atom. The number of pyridine rings is 2. The number of rotatable bonds is 8. The molecule has 1 saturated heterocycles. The van der Waals surface area contributed by atoms with E-state index < -0.39 is 0 Å². The van der Waals surface area contributed by atoms with Crippen molar-refractivity contribution in [1.82, 2.24) is 29.5 Å². The van der Waals surface area contributed by atoms with Gasteiger partial charge in [-0.3, -0.25) is 0 Å². The summed E-state index contributed by atoms with van der Waals surface area (Å²) in [6.45, 7) is 3.57. The minimum atomic E-state index is -0.150. The fraction of sp³-hybridized carbons (Fsp3) is 0.333. The molecule has 10 nitrogen and oxygen atoms in total. The molecule has 0 atom stereocenters. The molecular weight excluding hydrogens is 432 g/mol. The van der Waals surface area contributed by atoms with Crippen molar-refractivity contribution in [2.45, 2.75) is 18.9 Å². The first-order valence-corrected chi connectivity index (χ1v) is 11.4. The van der Waals surface area contributed by atoms with Crippen LogP contribution in [0, 0.1) is 0 Å². The largest absolute Gasteiger partial charge is 0.481 e. The number of nitrogens with one attached hydrogen (secondary N) is 2. The van der Waals surface area contributed by atoms with Gasteiger partial charge >= 0.3 is 0 Å². The van der Waals surface area contributed by atoms with Gasteiger partial charge in [0.1, 0.15) is 17.0 Å². The minimum absolute atomic E-state index is 0.150. The average Bonchev–Trinajstić information content (AvgIpc) is 3.35. The van der Waals surface area contributed by atoms with Gasteiger partial charge in [-0.1, -0.05) is 6.07 Å². The fourth-order valence-electron chi connectivity index (χ4n) is 4.01. The predicted molar refractivity (Wildman–Crippen MR) is 130 cm³/mol. The molecular formula is C24H28N8O2. The molecule has 1 aliphatic heterocycles. The van der Waals surface area contributed by atoms with Crippen LogP contribution in [0.3, 0.4) is 0 Å². The second-order valence-corrected chi connectivity index (χ2v) is 8.24. The number of ether oxygens (including phenoxy) is 1. The van der Waals surface area contributed by atoms with E-state index in [-0.39, 0.29) is 6.10 Å². The number of methoxy groups -OCH3 is 1. The van der Waals surface area contributed by atoms with Gasteiger partial charge < -0.3 is 25.4 Å². The van der Waals surface area contributed by atoms with E-state index in [1.165, 1.54) is 0 Å². The molecule has 0 aliphatic carbocycles. The third-order valence-electron chi connectivity index (χ3n) is 5.87. The Kier molecular flexibility index (Phi) is 6.50. The molecule has 10 heteroatoms. The van der Waals surface area contributed by atoms with Crippen LogP contribution in [0.5, 0.6) is 5.88 Å². The lowest BCUT2D eigenvalue weighted by Gasteiger charge is -2.29. The molecule has 1 fully saturated rings. The molecule has 0 bridgehead atoms. The van der Waals surface area contributed by atoms with Crippen LogP contribution in [0.15, 0.2) is 54.9 Å². The van der Waals surface area contributed by atoms with E-state index >= 15 is 0 Å². The van der Waals surface area contributed by atoms with Gasteiger partial charge in [0.05, 0.1) is 13.2 Å². The second kappa shape index (κ2) is 10.0. The first-order valence-electron chi connectivity index (χ1n) is 11.4. The summed E-state index contributed by atoms with van der Waals surface area (Å²) in [5.41, 5.74) is 2.34. The number of aliphatic hydroxyl groups excluding tert-OH is 1. The SMILES string of the molecule is COc1cccc(-c2nc(Nc3ccnc(NCCN4CCC(O)CC4)c3)c3cccn3n2)n1. The molecule has 0 spiro atoms. The third kappa shape index (κ3) is 5.08. The van der Waals surface area contributed by atoms with Crippen molar-refractivity contribution in [3.63, 3.8) is 0 Å². The van der Waals surface area contributed by atoms with Crippen LogP contribution in [0.2, 0.25) is 0 Å². The lowest BCUT2D eigenvalue weighted by Crippen LogP contribution is -2.38. The summed E-state index contributed by atoms with van der Waals surface area (Å²) in [7, 11) is 1.58. The first-order chi connectivity index (χ1) is 16.7. The molecule has 5 rings (SSSR count). The van der Waals surface area contributed by atoms with Gasteiger partial charge in [-0.15, -0.1) is 5.10 Å². The summed E-state index contributed by atoms with van der Waals surface area (Å²) in [6, 6.07) is 13.3. The summed E-state index contributed by atoms with van der Waals surface area (Å²) >= 11 is 0. The standard InChI is InChI=1S/C24H28N8O2/c1-34-22-6-2-4-19(28-22)23-29-24(20-5-3-12-32(20)30-23)27-17-7-10-25-21(16-17)26-11-15-31-13-8-18(33)9-14-31/h2-7,10,12,16,18,33H,8-9,11,13-15H2,1H3,(H2,25,26,27,29,30). The van der Waals surface area contributed by atoms with Crippen LogP contribution in [0.4, 0.5) is 17.3 Å². The van der Waals surface area contributed by atoms with Crippen molar-refractivity contribution in [3.05, 3.63) is 54.9 Å². The van der Waals surface area contributed by atoms with E-state index in [0.717, 1.165) is 56.0 Å². The summed E-state index contributed by atoms with van der Waals surface area (Å²) < 4.78 is 7.03. The lowest BCUT2D eigenvalue weighted by atomic mass is 10.1. The number of hydrogen-bond acceptors (Lipinski definition) is 9. The Hall–Kier alpha value is -3.76. The first kappa shape index (κ1) is 22.1. The van der Waals surface area contributed by atoms with Gasteiger partial charge in [0.25, 0.3) is 0 Å². The number of aliphatic hydroxyl groups is 1. The van der Waals surface area contributed by atoms with Crippen molar-refractivity contribution >= 4 is 22.8 Å². The lowest BCUT2D eigenvalue weighted by molar-refractivity contribution is 0.0845. The van der Waals surface area contributed by atoms with Gasteiger partial charge in [-0.05, 0) is 37.1 Å². The molecule has 1 aliphatic rings. The van der Waals surface area contributed by atoms with Crippen molar-refractivity contribution in [3.8, 4) is 17.4 Å². The Balaban J connectivity index is 1.31. The quantitative estimate of drug-likeness (QED) is 0.365. The number of fused-ring (bicyclic) bond motifs is 1. The van der Waals surface area contributed by atoms with Crippen molar-refractivity contribution in [1.29, 1.82) is 0 Å². The summed E-state index contributed by atoms with van der Waals surface area (Å²) in [4.78, 5) is 16.0. The Morgan fingerprint density at radius 3 is 2.85 bits per heavy atom. The topological polar surface area (TPSA) is 113 Å². The zero-order valence-electron chi connectivity index (χ0n) is 19.1. The van der Waals surface area contributed by atoms with Crippen LogP contribution in [-0.2, 0) is 0 Å². The van der Waals surface area contributed by atoms with Gasteiger partial charge in [-0.2, -0.15) is 0 Å². The summed E-state index contributed by atoms with van der Waals surface area (Å²) in [5.74, 6) is 2.46. The molecule has 4 aromatic heterocycles. The van der Waals surface area contributed by atoms with E-state index in [9.17, 15) is 5.11 Å². The molecule has 0 radical (unpaired) electrons. The maximum absolute atomic E-state index is 9.66. The highest BCUT2D eigenvalue weighted by Gasteiger charge is 2.16. The smallest absolute Gasteiger partial charge is 0.213 e. The Bertz CT molecular complexity index is 1250.